The predicted octanol–water partition coefficient (Wildman–Crippen LogP) is 3.63. The topological polar surface area (TPSA) is 96.4 Å². The Morgan fingerprint density at radius 2 is 1.93 bits per heavy atom. The normalized spacial score (nSPS) is 23.1. The van der Waals surface area contributed by atoms with Crippen molar-refractivity contribution in [3.8, 4) is 0 Å². The second kappa shape index (κ2) is 7.66. The molecule has 1 aromatic carbocycles. The van der Waals surface area contributed by atoms with Gasteiger partial charge in [-0.25, -0.2) is 14.4 Å². The number of benzene rings is 1. The van der Waals surface area contributed by atoms with Crippen molar-refractivity contribution in [2.75, 3.05) is 6.54 Å². The summed E-state index contributed by atoms with van der Waals surface area (Å²) in [4.78, 5) is 39.9. The molecule has 0 spiro atoms. The fourth-order valence-corrected chi connectivity index (χ4v) is 3.88. The molecule has 2 unspecified atom stereocenters. The molecular weight excluding hydrogens is 388 g/mol. The van der Waals surface area contributed by atoms with Crippen LogP contribution in [0.5, 0.6) is 0 Å². The zero-order chi connectivity index (χ0) is 22.3. The van der Waals surface area contributed by atoms with Gasteiger partial charge in [0.2, 0.25) is 0 Å². The summed E-state index contributed by atoms with van der Waals surface area (Å²) in [5, 5.41) is 9.72. The summed E-state index contributed by atoms with van der Waals surface area (Å²) in [6.45, 7) is 11.1. The summed E-state index contributed by atoms with van der Waals surface area (Å²) in [5.41, 5.74) is 0.744. The van der Waals surface area contributed by atoms with Gasteiger partial charge in [0.15, 0.2) is 0 Å². The van der Waals surface area contributed by atoms with E-state index in [9.17, 15) is 19.5 Å². The van der Waals surface area contributed by atoms with Crippen LogP contribution in [0, 0.1) is 0 Å². The number of likely N-dealkylation sites (tertiary alicyclic amines) is 1. The standard InChI is InChI=1S/C22H28N2O6/c1-6-14-8-7-9-15-11-23(13-17(14)15)19(27)29-16-10-22(5,18(25)26)24(12-16)20(28)30-21(2,3)4/h6-9,16H,1,10-13H2,2-5H3,(H,25,26). The van der Waals surface area contributed by atoms with Crippen molar-refractivity contribution in [1.82, 2.24) is 9.80 Å². The Labute approximate surface area is 176 Å². The Morgan fingerprint density at radius 1 is 1.23 bits per heavy atom. The lowest BCUT2D eigenvalue weighted by Gasteiger charge is -2.32. The Morgan fingerprint density at radius 3 is 2.53 bits per heavy atom. The van der Waals surface area contributed by atoms with E-state index in [0.717, 1.165) is 21.6 Å². The van der Waals surface area contributed by atoms with E-state index in [0.29, 0.717) is 13.1 Å². The minimum absolute atomic E-state index is 0.00792. The number of ether oxygens (including phenoxy) is 2. The van der Waals surface area contributed by atoms with Crippen molar-refractivity contribution in [2.45, 2.75) is 64.4 Å². The first-order valence-electron chi connectivity index (χ1n) is 9.87. The number of rotatable bonds is 3. The molecule has 0 aromatic heterocycles. The molecule has 1 fully saturated rings. The van der Waals surface area contributed by atoms with Crippen LogP contribution in [0.15, 0.2) is 24.8 Å². The third-order valence-electron chi connectivity index (χ3n) is 5.45. The van der Waals surface area contributed by atoms with Gasteiger partial charge in [-0.15, -0.1) is 0 Å². The zero-order valence-electron chi connectivity index (χ0n) is 17.8. The van der Waals surface area contributed by atoms with Crippen molar-refractivity contribution in [1.29, 1.82) is 0 Å². The second-order valence-corrected chi connectivity index (χ2v) is 8.92. The first kappa shape index (κ1) is 21.7. The number of carboxylic acid groups (broad SMARTS) is 1. The third kappa shape index (κ3) is 4.13. The maximum absolute atomic E-state index is 12.8. The van der Waals surface area contributed by atoms with Gasteiger partial charge < -0.3 is 14.6 Å². The first-order chi connectivity index (χ1) is 13.9. The summed E-state index contributed by atoms with van der Waals surface area (Å²) < 4.78 is 11.0. The maximum atomic E-state index is 12.8. The molecule has 2 heterocycles. The minimum atomic E-state index is -1.52. The fourth-order valence-electron chi connectivity index (χ4n) is 3.88. The molecule has 2 amide bonds. The number of aliphatic carboxylic acids is 1. The average molecular weight is 416 g/mol. The lowest BCUT2D eigenvalue weighted by atomic mass is 9.99. The predicted molar refractivity (Wildman–Crippen MR) is 110 cm³/mol. The molecule has 30 heavy (non-hydrogen) atoms. The maximum Gasteiger partial charge on any atom is 0.411 e. The molecule has 8 nitrogen and oxygen atoms in total. The molecule has 162 valence electrons. The van der Waals surface area contributed by atoms with E-state index in [1.54, 1.807) is 31.7 Å². The number of carbonyl (C=O) groups excluding carboxylic acids is 2. The average Bonchev–Trinajstić information content (AvgIpc) is 3.22. The second-order valence-electron chi connectivity index (χ2n) is 8.92. The number of nitrogens with zero attached hydrogens (tertiary/aromatic N) is 2. The molecule has 0 saturated carbocycles. The Balaban J connectivity index is 1.70. The van der Waals surface area contributed by atoms with Gasteiger partial charge in [0.05, 0.1) is 13.1 Å². The molecule has 2 atom stereocenters. The zero-order valence-corrected chi connectivity index (χ0v) is 17.8. The Bertz CT molecular complexity index is 890. The third-order valence-corrected chi connectivity index (χ3v) is 5.45. The molecule has 0 bridgehead atoms. The molecule has 0 radical (unpaired) electrons. The highest BCUT2D eigenvalue weighted by Crippen LogP contribution is 2.34. The van der Waals surface area contributed by atoms with E-state index in [2.05, 4.69) is 6.58 Å². The van der Waals surface area contributed by atoms with E-state index in [4.69, 9.17) is 9.47 Å². The Kier molecular flexibility index (Phi) is 5.54. The summed E-state index contributed by atoms with van der Waals surface area (Å²) >= 11 is 0. The van der Waals surface area contributed by atoms with Crippen molar-refractivity contribution < 1.29 is 29.0 Å². The quantitative estimate of drug-likeness (QED) is 0.808. The summed E-state index contributed by atoms with van der Waals surface area (Å²) in [6.07, 6.45) is -0.276. The number of carbonyl (C=O) groups is 3. The molecule has 1 saturated heterocycles. The van der Waals surface area contributed by atoms with Gasteiger partial charge in [0.1, 0.15) is 17.2 Å². The molecule has 0 aliphatic carbocycles. The SMILES string of the molecule is C=Cc1cccc2c1CN(C(=O)OC1CN(C(=O)OC(C)(C)C)C(C)(C(=O)O)C1)C2. The van der Waals surface area contributed by atoms with E-state index >= 15 is 0 Å². The van der Waals surface area contributed by atoms with Gasteiger partial charge in [0.25, 0.3) is 0 Å². The van der Waals surface area contributed by atoms with Gasteiger partial charge in [-0.05, 0) is 44.4 Å². The highest BCUT2D eigenvalue weighted by Gasteiger charge is 2.53. The van der Waals surface area contributed by atoms with Crippen LogP contribution >= 0.6 is 0 Å². The van der Waals surface area contributed by atoms with E-state index in [1.807, 2.05) is 18.2 Å². The largest absolute Gasteiger partial charge is 0.480 e. The van der Waals surface area contributed by atoms with Crippen LogP contribution in [0.2, 0.25) is 0 Å². The summed E-state index contributed by atoms with van der Waals surface area (Å²) in [6, 6.07) is 5.81. The minimum Gasteiger partial charge on any atom is -0.480 e. The molecule has 1 aromatic rings. The fraction of sp³-hybridized carbons (Fsp3) is 0.500. The summed E-state index contributed by atoms with van der Waals surface area (Å²) in [5.74, 6) is -1.17. The number of hydrogen-bond acceptors (Lipinski definition) is 5. The smallest absolute Gasteiger partial charge is 0.411 e. The van der Waals surface area contributed by atoms with E-state index in [1.165, 1.54) is 6.92 Å². The number of carboxylic acids is 1. The lowest BCUT2D eigenvalue weighted by Crippen LogP contribution is -2.52. The van der Waals surface area contributed by atoms with Crippen molar-refractivity contribution in [2.24, 2.45) is 0 Å². The molecule has 2 aliphatic heterocycles. The van der Waals surface area contributed by atoms with E-state index < -0.39 is 35.4 Å². The monoisotopic (exact) mass is 416 g/mol. The highest BCUT2D eigenvalue weighted by atomic mass is 16.6. The van der Waals surface area contributed by atoms with Gasteiger partial charge in [-0.2, -0.15) is 0 Å². The first-order valence-corrected chi connectivity index (χ1v) is 9.87. The van der Waals surface area contributed by atoms with Gasteiger partial charge in [0, 0.05) is 13.0 Å². The van der Waals surface area contributed by atoms with Crippen LogP contribution in [0.25, 0.3) is 6.08 Å². The van der Waals surface area contributed by atoms with Crippen LogP contribution in [-0.4, -0.2) is 56.9 Å². The van der Waals surface area contributed by atoms with Crippen LogP contribution in [0.3, 0.4) is 0 Å². The van der Waals surface area contributed by atoms with E-state index in [-0.39, 0.29) is 13.0 Å². The van der Waals surface area contributed by atoms with Crippen LogP contribution in [-0.2, 0) is 27.4 Å². The van der Waals surface area contributed by atoms with Crippen molar-refractivity contribution in [3.05, 3.63) is 41.5 Å². The number of amides is 2. The van der Waals surface area contributed by atoms with Crippen LogP contribution < -0.4 is 0 Å². The van der Waals surface area contributed by atoms with Gasteiger partial charge in [-0.1, -0.05) is 30.9 Å². The van der Waals surface area contributed by atoms with Gasteiger partial charge >= 0.3 is 18.2 Å². The lowest BCUT2D eigenvalue weighted by molar-refractivity contribution is -0.148. The Hall–Kier alpha value is -3.03. The molecule has 8 heteroatoms. The molecule has 3 rings (SSSR count). The van der Waals surface area contributed by atoms with Crippen molar-refractivity contribution >= 4 is 24.2 Å². The number of hydrogen-bond donors (Lipinski definition) is 1. The van der Waals surface area contributed by atoms with Crippen LogP contribution in [0.4, 0.5) is 9.59 Å². The number of fused-ring (bicyclic) bond motifs is 1. The molecule has 2 aliphatic rings. The van der Waals surface area contributed by atoms with Crippen LogP contribution in [0.1, 0.15) is 50.8 Å². The summed E-state index contributed by atoms with van der Waals surface area (Å²) in [7, 11) is 0. The molecular formula is C22H28N2O6. The van der Waals surface area contributed by atoms with Gasteiger partial charge in [-0.3, -0.25) is 9.80 Å². The molecule has 1 N–H and O–H groups in total. The highest BCUT2D eigenvalue weighted by molar-refractivity contribution is 5.85. The van der Waals surface area contributed by atoms with Crippen molar-refractivity contribution in [3.63, 3.8) is 0 Å².